The van der Waals surface area contributed by atoms with Gasteiger partial charge in [-0.1, -0.05) is 11.6 Å². The lowest BCUT2D eigenvalue weighted by atomic mass is 10.0. The second kappa shape index (κ2) is 5.08. The maximum Gasteiger partial charge on any atom is 0.193 e. The maximum absolute atomic E-state index is 13.1. The Morgan fingerprint density at radius 2 is 1.78 bits per heavy atom. The van der Waals surface area contributed by atoms with Gasteiger partial charge in [0.15, 0.2) is 5.78 Å². The third-order valence-corrected chi connectivity index (χ3v) is 3.38. The van der Waals surface area contributed by atoms with Crippen molar-refractivity contribution in [1.82, 2.24) is 0 Å². The predicted octanol–water partition coefficient (Wildman–Crippen LogP) is 4.05. The topological polar surface area (TPSA) is 43.1 Å². The molecule has 0 fully saturated rings. The van der Waals surface area contributed by atoms with Crippen LogP contribution >= 0.6 is 27.5 Å². The molecule has 2 rings (SSSR count). The Morgan fingerprint density at radius 1 is 1.17 bits per heavy atom. The van der Waals surface area contributed by atoms with E-state index >= 15 is 0 Å². The fraction of sp³-hybridized carbons (Fsp3) is 0. The van der Waals surface area contributed by atoms with E-state index in [0.717, 1.165) is 0 Å². The zero-order chi connectivity index (χ0) is 13.3. The second-order valence-electron chi connectivity index (χ2n) is 3.69. The molecule has 5 heteroatoms. The summed E-state index contributed by atoms with van der Waals surface area (Å²) in [5.41, 5.74) is 6.77. The monoisotopic (exact) mass is 327 g/mol. The summed E-state index contributed by atoms with van der Waals surface area (Å²) in [6.07, 6.45) is 0. The Kier molecular flexibility index (Phi) is 3.68. The van der Waals surface area contributed by atoms with Gasteiger partial charge in [0, 0.05) is 11.1 Å². The molecule has 0 aliphatic heterocycles. The van der Waals surface area contributed by atoms with Crippen LogP contribution in [0, 0.1) is 5.82 Å². The number of nitrogen functional groups attached to an aromatic ring is 1. The van der Waals surface area contributed by atoms with Crippen molar-refractivity contribution in [2.75, 3.05) is 5.73 Å². The Balaban J connectivity index is 2.41. The van der Waals surface area contributed by atoms with Crippen molar-refractivity contribution in [2.24, 2.45) is 0 Å². The van der Waals surface area contributed by atoms with Crippen LogP contribution in [0.3, 0.4) is 0 Å². The molecule has 2 N–H and O–H groups in total. The molecule has 0 saturated heterocycles. The van der Waals surface area contributed by atoms with E-state index in [1.54, 1.807) is 12.1 Å². The third kappa shape index (κ3) is 2.54. The molecule has 0 atom stereocenters. The molecule has 2 aromatic carbocycles. The Morgan fingerprint density at radius 3 is 2.39 bits per heavy atom. The molecule has 0 heterocycles. The highest BCUT2D eigenvalue weighted by Crippen LogP contribution is 2.23. The molecule has 2 nitrogen and oxygen atoms in total. The highest BCUT2D eigenvalue weighted by molar-refractivity contribution is 9.10. The molecule has 18 heavy (non-hydrogen) atoms. The number of hydrogen-bond donors (Lipinski definition) is 1. The molecule has 92 valence electrons. The molecule has 2 aromatic rings. The SMILES string of the molecule is Nc1ccc(C(=O)c2ccc(F)c(Br)c2)cc1Cl. The van der Waals surface area contributed by atoms with Crippen molar-refractivity contribution in [3.63, 3.8) is 0 Å². The number of anilines is 1. The normalized spacial score (nSPS) is 10.4. The minimum atomic E-state index is -0.415. The van der Waals surface area contributed by atoms with Gasteiger partial charge in [-0.05, 0) is 52.3 Å². The van der Waals surface area contributed by atoms with Gasteiger partial charge in [-0.3, -0.25) is 4.79 Å². The molecule has 0 saturated carbocycles. The van der Waals surface area contributed by atoms with Crippen molar-refractivity contribution >= 4 is 39.0 Å². The molecule has 0 unspecified atom stereocenters. The first-order valence-corrected chi connectivity index (χ1v) is 6.21. The van der Waals surface area contributed by atoms with E-state index in [2.05, 4.69) is 15.9 Å². The molecular formula is C13H8BrClFNO. The zero-order valence-electron chi connectivity index (χ0n) is 9.08. The Hall–Kier alpha value is -1.39. The van der Waals surface area contributed by atoms with Crippen LogP contribution < -0.4 is 5.73 Å². The fourth-order valence-corrected chi connectivity index (χ4v) is 2.03. The standard InChI is InChI=1S/C13H8BrClFNO/c14-9-5-7(1-3-11(9)16)13(18)8-2-4-12(17)10(15)6-8/h1-6H,17H2. The molecule has 0 amide bonds. The average molecular weight is 329 g/mol. The van der Waals surface area contributed by atoms with Gasteiger partial charge in [-0.2, -0.15) is 0 Å². The number of halogens is 3. The van der Waals surface area contributed by atoms with Gasteiger partial charge >= 0.3 is 0 Å². The summed E-state index contributed by atoms with van der Waals surface area (Å²) in [5, 5.41) is 0.321. The highest BCUT2D eigenvalue weighted by Gasteiger charge is 2.12. The fourth-order valence-electron chi connectivity index (χ4n) is 1.47. The molecule has 0 aromatic heterocycles. The van der Waals surface area contributed by atoms with Crippen LogP contribution in [0.5, 0.6) is 0 Å². The molecule has 0 radical (unpaired) electrons. The van der Waals surface area contributed by atoms with E-state index in [0.29, 0.717) is 21.8 Å². The van der Waals surface area contributed by atoms with Gasteiger partial charge in [0.25, 0.3) is 0 Å². The number of benzene rings is 2. The van der Waals surface area contributed by atoms with Crippen LogP contribution in [0.15, 0.2) is 40.9 Å². The minimum absolute atomic E-state index is 0.238. The van der Waals surface area contributed by atoms with Crippen LogP contribution in [0.25, 0.3) is 0 Å². The van der Waals surface area contributed by atoms with Crippen LogP contribution in [0.1, 0.15) is 15.9 Å². The average Bonchev–Trinajstić information content (AvgIpc) is 2.35. The van der Waals surface area contributed by atoms with Crippen molar-refractivity contribution < 1.29 is 9.18 Å². The lowest BCUT2D eigenvalue weighted by Gasteiger charge is -2.04. The molecule has 0 aliphatic carbocycles. The van der Waals surface area contributed by atoms with E-state index < -0.39 is 5.82 Å². The highest BCUT2D eigenvalue weighted by atomic mass is 79.9. The molecule has 0 bridgehead atoms. The van der Waals surface area contributed by atoms with E-state index in [4.69, 9.17) is 17.3 Å². The van der Waals surface area contributed by atoms with Gasteiger partial charge in [-0.15, -0.1) is 0 Å². The quantitative estimate of drug-likeness (QED) is 0.667. The number of ketones is 1. The van der Waals surface area contributed by atoms with E-state index in [1.165, 1.54) is 24.3 Å². The van der Waals surface area contributed by atoms with Crippen molar-refractivity contribution in [3.05, 3.63) is 62.8 Å². The van der Waals surface area contributed by atoms with Gasteiger partial charge < -0.3 is 5.73 Å². The van der Waals surface area contributed by atoms with E-state index in [1.807, 2.05) is 0 Å². The Labute approximate surface area is 117 Å². The Bertz CT molecular complexity index is 577. The number of rotatable bonds is 2. The lowest BCUT2D eigenvalue weighted by Crippen LogP contribution is -2.02. The number of nitrogens with two attached hydrogens (primary N) is 1. The van der Waals surface area contributed by atoms with Crippen molar-refractivity contribution in [1.29, 1.82) is 0 Å². The first kappa shape index (κ1) is 13.1. The first-order valence-electron chi connectivity index (χ1n) is 5.04. The minimum Gasteiger partial charge on any atom is -0.398 e. The first-order chi connectivity index (χ1) is 8.49. The zero-order valence-corrected chi connectivity index (χ0v) is 11.4. The molecule has 0 aliphatic rings. The summed E-state index contributed by atoms with van der Waals surface area (Å²) >= 11 is 8.90. The van der Waals surface area contributed by atoms with Gasteiger partial charge in [0.05, 0.1) is 15.2 Å². The summed E-state index contributed by atoms with van der Waals surface area (Å²) in [4.78, 5) is 12.1. The van der Waals surface area contributed by atoms with Crippen LogP contribution in [0.2, 0.25) is 5.02 Å². The van der Waals surface area contributed by atoms with Gasteiger partial charge in [0.1, 0.15) is 5.82 Å². The number of carbonyl (C=O) groups is 1. The smallest absolute Gasteiger partial charge is 0.193 e. The number of carbonyl (C=O) groups excluding carboxylic acids is 1. The summed E-state index contributed by atoms with van der Waals surface area (Å²) in [6.45, 7) is 0. The van der Waals surface area contributed by atoms with Crippen molar-refractivity contribution in [3.8, 4) is 0 Å². The van der Waals surface area contributed by atoms with Gasteiger partial charge in [-0.25, -0.2) is 4.39 Å². The van der Waals surface area contributed by atoms with Crippen LogP contribution in [-0.4, -0.2) is 5.78 Å². The summed E-state index contributed by atoms with van der Waals surface area (Å²) in [5.74, 6) is -0.653. The maximum atomic E-state index is 13.1. The largest absolute Gasteiger partial charge is 0.398 e. The third-order valence-electron chi connectivity index (χ3n) is 2.44. The lowest BCUT2D eigenvalue weighted by molar-refractivity contribution is 0.103. The van der Waals surface area contributed by atoms with Gasteiger partial charge in [0.2, 0.25) is 0 Å². The summed E-state index contributed by atoms with van der Waals surface area (Å²) in [6, 6.07) is 8.73. The van der Waals surface area contributed by atoms with E-state index in [9.17, 15) is 9.18 Å². The molecular weight excluding hydrogens is 321 g/mol. The molecule has 0 spiro atoms. The number of hydrogen-bond acceptors (Lipinski definition) is 2. The van der Waals surface area contributed by atoms with Crippen LogP contribution in [-0.2, 0) is 0 Å². The summed E-state index contributed by atoms with van der Waals surface area (Å²) in [7, 11) is 0. The van der Waals surface area contributed by atoms with Crippen LogP contribution in [0.4, 0.5) is 10.1 Å². The second-order valence-corrected chi connectivity index (χ2v) is 4.96. The predicted molar refractivity (Wildman–Crippen MR) is 73.4 cm³/mol. The van der Waals surface area contributed by atoms with E-state index in [-0.39, 0.29) is 10.3 Å². The van der Waals surface area contributed by atoms with Crippen molar-refractivity contribution in [2.45, 2.75) is 0 Å². The summed E-state index contributed by atoms with van der Waals surface area (Å²) < 4.78 is 13.3.